The number of amides is 1. The average molecular weight is 265 g/mol. The standard InChI is InChI=1S/C12H9ClN2O3/c13-8-4-5-14-6-9(8)15-12(18)7-2-1-3-10(16)11(7)17/h1-6,16-17H,(H,15,18). The van der Waals surface area contributed by atoms with Crippen LogP contribution in [-0.2, 0) is 0 Å². The summed E-state index contributed by atoms with van der Waals surface area (Å²) < 4.78 is 0. The van der Waals surface area contributed by atoms with Gasteiger partial charge >= 0.3 is 0 Å². The van der Waals surface area contributed by atoms with E-state index < -0.39 is 11.7 Å². The van der Waals surface area contributed by atoms with Crippen molar-refractivity contribution in [1.29, 1.82) is 0 Å². The zero-order chi connectivity index (χ0) is 13.1. The third-order valence-electron chi connectivity index (χ3n) is 2.28. The van der Waals surface area contributed by atoms with Gasteiger partial charge in [-0.05, 0) is 18.2 Å². The monoisotopic (exact) mass is 264 g/mol. The molecule has 0 spiro atoms. The van der Waals surface area contributed by atoms with E-state index in [1.54, 1.807) is 0 Å². The first kappa shape index (κ1) is 12.2. The fourth-order valence-corrected chi connectivity index (χ4v) is 1.53. The molecule has 0 bridgehead atoms. The summed E-state index contributed by atoms with van der Waals surface area (Å²) in [6.45, 7) is 0. The quantitative estimate of drug-likeness (QED) is 0.728. The van der Waals surface area contributed by atoms with E-state index in [9.17, 15) is 15.0 Å². The van der Waals surface area contributed by atoms with Crippen molar-refractivity contribution in [3.05, 3.63) is 47.2 Å². The molecule has 1 heterocycles. The number of hydrogen-bond donors (Lipinski definition) is 3. The lowest BCUT2D eigenvalue weighted by atomic mass is 10.1. The molecular formula is C12H9ClN2O3. The van der Waals surface area contributed by atoms with Crippen molar-refractivity contribution >= 4 is 23.2 Å². The smallest absolute Gasteiger partial charge is 0.259 e. The van der Waals surface area contributed by atoms with Gasteiger partial charge in [-0.15, -0.1) is 0 Å². The molecule has 6 heteroatoms. The molecule has 0 aliphatic heterocycles. The van der Waals surface area contributed by atoms with Crippen LogP contribution in [0.1, 0.15) is 10.4 Å². The van der Waals surface area contributed by atoms with Crippen LogP contribution in [0.15, 0.2) is 36.7 Å². The second-order valence-electron chi connectivity index (χ2n) is 3.48. The molecule has 2 aromatic rings. The second kappa shape index (κ2) is 4.93. The lowest BCUT2D eigenvalue weighted by Gasteiger charge is -2.08. The van der Waals surface area contributed by atoms with Crippen LogP contribution < -0.4 is 5.32 Å². The Kier molecular flexibility index (Phi) is 3.34. The number of rotatable bonds is 2. The van der Waals surface area contributed by atoms with Gasteiger partial charge in [0, 0.05) is 6.20 Å². The third-order valence-corrected chi connectivity index (χ3v) is 2.61. The molecule has 3 N–H and O–H groups in total. The number of anilines is 1. The molecule has 92 valence electrons. The van der Waals surface area contributed by atoms with E-state index in [0.717, 1.165) is 0 Å². The first-order chi connectivity index (χ1) is 8.59. The van der Waals surface area contributed by atoms with Crippen LogP contribution in [0, 0.1) is 0 Å². The van der Waals surface area contributed by atoms with Gasteiger partial charge < -0.3 is 15.5 Å². The Hall–Kier alpha value is -2.27. The number of benzene rings is 1. The maximum Gasteiger partial charge on any atom is 0.259 e. The molecule has 1 amide bonds. The second-order valence-corrected chi connectivity index (χ2v) is 3.89. The first-order valence-corrected chi connectivity index (χ1v) is 5.39. The van der Waals surface area contributed by atoms with Gasteiger partial charge in [0.15, 0.2) is 11.5 Å². The number of aromatic nitrogens is 1. The van der Waals surface area contributed by atoms with E-state index in [4.69, 9.17) is 11.6 Å². The van der Waals surface area contributed by atoms with Gasteiger partial charge in [0.2, 0.25) is 0 Å². The van der Waals surface area contributed by atoms with Gasteiger partial charge in [-0.3, -0.25) is 9.78 Å². The van der Waals surface area contributed by atoms with Gasteiger partial charge in [0.05, 0.1) is 22.5 Å². The Balaban J connectivity index is 2.28. The number of carbonyl (C=O) groups is 1. The molecule has 0 aliphatic rings. The molecule has 0 saturated carbocycles. The Morgan fingerprint density at radius 3 is 2.78 bits per heavy atom. The van der Waals surface area contributed by atoms with E-state index in [2.05, 4.69) is 10.3 Å². The predicted octanol–water partition coefficient (Wildman–Crippen LogP) is 2.40. The van der Waals surface area contributed by atoms with Crippen molar-refractivity contribution in [1.82, 2.24) is 4.98 Å². The van der Waals surface area contributed by atoms with Crippen LogP contribution in [0.3, 0.4) is 0 Å². The molecule has 0 radical (unpaired) electrons. The Morgan fingerprint density at radius 2 is 2.06 bits per heavy atom. The van der Waals surface area contributed by atoms with Crippen molar-refractivity contribution in [2.75, 3.05) is 5.32 Å². The van der Waals surface area contributed by atoms with Crippen LogP contribution in [-0.4, -0.2) is 21.1 Å². The van der Waals surface area contributed by atoms with Gasteiger partial charge in [0.25, 0.3) is 5.91 Å². The van der Waals surface area contributed by atoms with Gasteiger partial charge in [-0.25, -0.2) is 0 Å². The molecule has 18 heavy (non-hydrogen) atoms. The Bertz CT molecular complexity index is 602. The number of nitrogens with one attached hydrogen (secondary N) is 1. The summed E-state index contributed by atoms with van der Waals surface area (Å²) in [4.78, 5) is 15.7. The molecular weight excluding hydrogens is 256 g/mol. The maximum atomic E-state index is 11.9. The topological polar surface area (TPSA) is 82.5 Å². The normalized spacial score (nSPS) is 10.1. The number of phenolic OH excluding ortho intramolecular Hbond substituents is 2. The van der Waals surface area contributed by atoms with Crippen LogP contribution in [0.5, 0.6) is 11.5 Å². The molecule has 0 unspecified atom stereocenters. The van der Waals surface area contributed by atoms with Crippen molar-refractivity contribution in [3.8, 4) is 11.5 Å². The summed E-state index contributed by atoms with van der Waals surface area (Å²) in [6.07, 6.45) is 2.88. The largest absolute Gasteiger partial charge is 0.504 e. The van der Waals surface area contributed by atoms with Crippen molar-refractivity contribution < 1.29 is 15.0 Å². The zero-order valence-electron chi connectivity index (χ0n) is 9.09. The number of pyridine rings is 1. The van der Waals surface area contributed by atoms with Gasteiger partial charge in [0.1, 0.15) is 0 Å². The minimum Gasteiger partial charge on any atom is -0.504 e. The van der Waals surface area contributed by atoms with E-state index in [0.29, 0.717) is 10.7 Å². The van der Waals surface area contributed by atoms with E-state index in [1.807, 2.05) is 0 Å². The molecule has 0 atom stereocenters. The molecule has 0 fully saturated rings. The van der Waals surface area contributed by atoms with Gasteiger partial charge in [-0.2, -0.15) is 0 Å². The summed E-state index contributed by atoms with van der Waals surface area (Å²) in [7, 11) is 0. The number of hydrogen-bond acceptors (Lipinski definition) is 4. The lowest BCUT2D eigenvalue weighted by Crippen LogP contribution is -2.12. The predicted molar refractivity (Wildman–Crippen MR) is 67.0 cm³/mol. The fourth-order valence-electron chi connectivity index (χ4n) is 1.37. The highest BCUT2D eigenvalue weighted by Gasteiger charge is 2.14. The number of para-hydroxylation sites is 1. The van der Waals surface area contributed by atoms with E-state index in [1.165, 1.54) is 36.7 Å². The number of halogens is 1. The summed E-state index contributed by atoms with van der Waals surface area (Å²) in [6, 6.07) is 5.64. The summed E-state index contributed by atoms with van der Waals surface area (Å²) in [5.41, 5.74) is 0.279. The van der Waals surface area contributed by atoms with Crippen LogP contribution in [0.25, 0.3) is 0 Å². The Morgan fingerprint density at radius 1 is 1.28 bits per heavy atom. The Labute approximate surface area is 108 Å². The summed E-state index contributed by atoms with van der Waals surface area (Å²) in [5.74, 6) is -1.42. The summed E-state index contributed by atoms with van der Waals surface area (Å²) >= 11 is 5.86. The lowest BCUT2D eigenvalue weighted by molar-refractivity contribution is 0.102. The van der Waals surface area contributed by atoms with E-state index >= 15 is 0 Å². The van der Waals surface area contributed by atoms with Crippen LogP contribution in [0.4, 0.5) is 5.69 Å². The van der Waals surface area contributed by atoms with Crippen LogP contribution in [0.2, 0.25) is 5.02 Å². The molecule has 2 rings (SSSR count). The molecule has 0 saturated heterocycles. The van der Waals surface area contributed by atoms with Crippen molar-refractivity contribution in [3.63, 3.8) is 0 Å². The number of carbonyl (C=O) groups excluding carboxylic acids is 1. The highest BCUT2D eigenvalue weighted by atomic mass is 35.5. The molecule has 5 nitrogen and oxygen atoms in total. The molecule has 1 aromatic carbocycles. The summed E-state index contributed by atoms with van der Waals surface area (Å²) in [5, 5.41) is 21.7. The highest BCUT2D eigenvalue weighted by Crippen LogP contribution is 2.29. The fraction of sp³-hybridized carbons (Fsp3) is 0. The molecule has 1 aromatic heterocycles. The SMILES string of the molecule is O=C(Nc1cnccc1Cl)c1cccc(O)c1O. The van der Waals surface area contributed by atoms with Crippen molar-refractivity contribution in [2.45, 2.75) is 0 Å². The third kappa shape index (κ3) is 2.36. The minimum absolute atomic E-state index is 0.0464. The highest BCUT2D eigenvalue weighted by molar-refractivity contribution is 6.33. The van der Waals surface area contributed by atoms with Crippen molar-refractivity contribution in [2.24, 2.45) is 0 Å². The van der Waals surface area contributed by atoms with Crippen LogP contribution >= 0.6 is 11.6 Å². The maximum absolute atomic E-state index is 11.9. The zero-order valence-corrected chi connectivity index (χ0v) is 9.85. The molecule has 0 aliphatic carbocycles. The number of aromatic hydroxyl groups is 2. The number of nitrogens with zero attached hydrogens (tertiary/aromatic N) is 1. The van der Waals surface area contributed by atoms with Gasteiger partial charge in [-0.1, -0.05) is 17.7 Å². The van der Waals surface area contributed by atoms with E-state index in [-0.39, 0.29) is 11.3 Å². The number of phenols is 2. The average Bonchev–Trinajstić information content (AvgIpc) is 2.35. The minimum atomic E-state index is -0.585. The first-order valence-electron chi connectivity index (χ1n) is 5.01.